The number of anilines is 1. The normalized spacial score (nSPS) is 11.3. The van der Waals surface area contributed by atoms with E-state index < -0.39 is 9.84 Å². The van der Waals surface area contributed by atoms with E-state index in [1.807, 2.05) is 19.1 Å². The van der Waals surface area contributed by atoms with Crippen LogP contribution in [0.2, 0.25) is 0 Å². The number of carbonyl (C=O) groups excluding carboxylic acids is 1. The van der Waals surface area contributed by atoms with E-state index in [0.717, 1.165) is 35.6 Å². The standard InChI is InChI=1S/C19H22BrNO3S/c1-14-7-12-17(25(2,23)24)13-18(14)21-19(22)6-4-3-5-15-8-10-16(20)11-9-15/h7-13H,3-6H2,1-2H3,(H,21,22). The summed E-state index contributed by atoms with van der Waals surface area (Å²) in [6.07, 6.45) is 4.22. The number of rotatable bonds is 7. The number of nitrogens with one attached hydrogen (secondary N) is 1. The van der Waals surface area contributed by atoms with Crippen LogP contribution in [-0.4, -0.2) is 20.6 Å². The molecule has 1 N–H and O–H groups in total. The summed E-state index contributed by atoms with van der Waals surface area (Å²) in [6.45, 7) is 1.84. The molecule has 0 bridgehead atoms. The molecular formula is C19H22BrNO3S. The highest BCUT2D eigenvalue weighted by atomic mass is 79.9. The molecule has 4 nitrogen and oxygen atoms in total. The first-order chi connectivity index (χ1) is 11.8. The van der Waals surface area contributed by atoms with E-state index in [9.17, 15) is 13.2 Å². The van der Waals surface area contributed by atoms with Crippen molar-refractivity contribution < 1.29 is 13.2 Å². The minimum absolute atomic E-state index is 0.0930. The highest BCUT2D eigenvalue weighted by Crippen LogP contribution is 2.20. The van der Waals surface area contributed by atoms with Gasteiger partial charge in [-0.15, -0.1) is 0 Å². The molecule has 0 saturated carbocycles. The Morgan fingerprint density at radius 3 is 2.40 bits per heavy atom. The smallest absolute Gasteiger partial charge is 0.224 e. The zero-order valence-electron chi connectivity index (χ0n) is 14.4. The van der Waals surface area contributed by atoms with Crippen LogP contribution in [0.5, 0.6) is 0 Å². The summed E-state index contributed by atoms with van der Waals surface area (Å²) in [6, 6.07) is 13.0. The third-order valence-corrected chi connectivity index (χ3v) is 5.58. The third kappa shape index (κ3) is 6.29. The number of carbonyl (C=O) groups is 1. The summed E-state index contributed by atoms with van der Waals surface area (Å²) in [5, 5.41) is 2.82. The fourth-order valence-corrected chi connectivity index (χ4v) is 3.36. The van der Waals surface area contributed by atoms with E-state index >= 15 is 0 Å². The SMILES string of the molecule is Cc1ccc(S(C)(=O)=O)cc1NC(=O)CCCCc1ccc(Br)cc1. The summed E-state index contributed by atoms with van der Waals surface area (Å²) < 4.78 is 24.3. The Bertz CT molecular complexity index is 845. The second-order valence-electron chi connectivity index (χ2n) is 6.13. The van der Waals surface area contributed by atoms with Crippen LogP contribution in [0.15, 0.2) is 51.8 Å². The van der Waals surface area contributed by atoms with Crippen molar-refractivity contribution in [2.45, 2.75) is 37.5 Å². The molecule has 1 amide bonds. The van der Waals surface area contributed by atoms with Gasteiger partial charge in [0.05, 0.1) is 4.90 Å². The first kappa shape index (κ1) is 19.7. The molecule has 0 fully saturated rings. The summed E-state index contributed by atoms with van der Waals surface area (Å²) in [5.41, 5.74) is 2.65. The van der Waals surface area contributed by atoms with Gasteiger partial charge in [-0.05, 0) is 61.6 Å². The summed E-state index contributed by atoms with van der Waals surface area (Å²) in [4.78, 5) is 12.3. The molecule has 0 aromatic heterocycles. The summed E-state index contributed by atoms with van der Waals surface area (Å²) in [5.74, 6) is -0.0930. The zero-order valence-corrected chi connectivity index (χ0v) is 16.8. The molecule has 0 aliphatic heterocycles. The number of amides is 1. The number of hydrogen-bond donors (Lipinski definition) is 1. The van der Waals surface area contributed by atoms with Gasteiger partial charge in [0.1, 0.15) is 0 Å². The molecule has 2 aromatic rings. The molecule has 6 heteroatoms. The Hall–Kier alpha value is -1.66. The van der Waals surface area contributed by atoms with E-state index in [4.69, 9.17) is 0 Å². The largest absolute Gasteiger partial charge is 0.326 e. The lowest BCUT2D eigenvalue weighted by atomic mass is 10.1. The van der Waals surface area contributed by atoms with Crippen molar-refractivity contribution in [1.82, 2.24) is 0 Å². The molecule has 0 aliphatic rings. The Morgan fingerprint density at radius 1 is 1.08 bits per heavy atom. The van der Waals surface area contributed by atoms with E-state index in [1.54, 1.807) is 12.1 Å². The fourth-order valence-electron chi connectivity index (χ4n) is 2.44. The van der Waals surface area contributed by atoms with Gasteiger partial charge in [-0.25, -0.2) is 8.42 Å². The zero-order chi connectivity index (χ0) is 18.4. The van der Waals surface area contributed by atoms with Crippen molar-refractivity contribution in [3.63, 3.8) is 0 Å². The summed E-state index contributed by atoms with van der Waals surface area (Å²) in [7, 11) is -3.29. The molecular weight excluding hydrogens is 402 g/mol. The van der Waals surface area contributed by atoms with Crippen molar-refractivity contribution in [2.24, 2.45) is 0 Å². The van der Waals surface area contributed by atoms with Gasteiger partial charge in [0.25, 0.3) is 0 Å². The van der Waals surface area contributed by atoms with Gasteiger partial charge in [0.2, 0.25) is 5.91 Å². The van der Waals surface area contributed by atoms with Gasteiger partial charge in [-0.3, -0.25) is 4.79 Å². The van der Waals surface area contributed by atoms with Crippen LogP contribution in [0, 0.1) is 6.92 Å². The first-order valence-electron chi connectivity index (χ1n) is 8.11. The predicted octanol–water partition coefficient (Wildman–Crippen LogP) is 4.51. The van der Waals surface area contributed by atoms with Gasteiger partial charge >= 0.3 is 0 Å². The molecule has 0 saturated heterocycles. The molecule has 0 unspecified atom stereocenters. The van der Waals surface area contributed by atoms with E-state index in [0.29, 0.717) is 12.1 Å². The molecule has 0 spiro atoms. The Morgan fingerprint density at radius 2 is 1.76 bits per heavy atom. The summed E-state index contributed by atoms with van der Waals surface area (Å²) >= 11 is 3.41. The predicted molar refractivity (Wildman–Crippen MR) is 105 cm³/mol. The number of benzene rings is 2. The highest BCUT2D eigenvalue weighted by molar-refractivity contribution is 9.10. The van der Waals surface area contributed by atoms with Crippen molar-refractivity contribution >= 4 is 37.4 Å². The van der Waals surface area contributed by atoms with E-state index in [-0.39, 0.29) is 10.8 Å². The third-order valence-electron chi connectivity index (χ3n) is 3.94. The fraction of sp³-hybridized carbons (Fsp3) is 0.316. The lowest BCUT2D eigenvalue weighted by molar-refractivity contribution is -0.116. The molecule has 0 heterocycles. The van der Waals surface area contributed by atoms with Gasteiger partial charge < -0.3 is 5.32 Å². The van der Waals surface area contributed by atoms with Gasteiger partial charge in [0.15, 0.2) is 9.84 Å². The lowest BCUT2D eigenvalue weighted by Gasteiger charge is -2.10. The maximum atomic E-state index is 12.1. The average molecular weight is 424 g/mol. The van der Waals surface area contributed by atoms with Crippen molar-refractivity contribution in [3.8, 4) is 0 Å². The molecule has 0 radical (unpaired) electrons. The topological polar surface area (TPSA) is 63.2 Å². The molecule has 134 valence electrons. The van der Waals surface area contributed by atoms with E-state index in [1.165, 1.54) is 11.6 Å². The molecule has 2 aromatic carbocycles. The number of hydrogen-bond acceptors (Lipinski definition) is 3. The van der Waals surface area contributed by atoms with Crippen molar-refractivity contribution in [3.05, 3.63) is 58.1 Å². The van der Waals surface area contributed by atoms with E-state index in [2.05, 4.69) is 33.4 Å². The molecule has 2 rings (SSSR count). The quantitative estimate of drug-likeness (QED) is 0.666. The van der Waals surface area contributed by atoms with Crippen LogP contribution in [-0.2, 0) is 21.1 Å². The number of aryl methyl sites for hydroxylation is 2. The van der Waals surface area contributed by atoms with Crippen LogP contribution in [0.1, 0.15) is 30.4 Å². The lowest BCUT2D eigenvalue weighted by Crippen LogP contribution is -2.13. The number of sulfone groups is 1. The van der Waals surface area contributed by atoms with Gasteiger partial charge in [-0.2, -0.15) is 0 Å². The minimum Gasteiger partial charge on any atom is -0.326 e. The Kier molecular flexibility index (Phi) is 6.79. The molecule has 0 aliphatic carbocycles. The van der Waals surface area contributed by atoms with Crippen molar-refractivity contribution in [1.29, 1.82) is 0 Å². The second kappa shape index (κ2) is 8.63. The minimum atomic E-state index is -3.29. The number of unbranched alkanes of at least 4 members (excludes halogenated alkanes) is 1. The number of halogens is 1. The maximum Gasteiger partial charge on any atom is 0.224 e. The monoisotopic (exact) mass is 423 g/mol. The molecule has 0 atom stereocenters. The van der Waals surface area contributed by atoms with Crippen LogP contribution < -0.4 is 5.32 Å². The average Bonchev–Trinajstić information content (AvgIpc) is 2.54. The van der Waals surface area contributed by atoms with Gasteiger partial charge in [0, 0.05) is 22.8 Å². The van der Waals surface area contributed by atoms with Gasteiger partial charge in [-0.1, -0.05) is 34.1 Å². The highest BCUT2D eigenvalue weighted by Gasteiger charge is 2.11. The van der Waals surface area contributed by atoms with Crippen molar-refractivity contribution in [2.75, 3.05) is 11.6 Å². The first-order valence-corrected chi connectivity index (χ1v) is 10.8. The maximum absolute atomic E-state index is 12.1. The second-order valence-corrected chi connectivity index (χ2v) is 9.06. The molecule has 25 heavy (non-hydrogen) atoms. The van der Waals surface area contributed by atoms with Crippen LogP contribution in [0.25, 0.3) is 0 Å². The van der Waals surface area contributed by atoms with Crippen LogP contribution in [0.4, 0.5) is 5.69 Å². The van der Waals surface area contributed by atoms with Crippen LogP contribution >= 0.6 is 15.9 Å². The van der Waals surface area contributed by atoms with Crippen LogP contribution in [0.3, 0.4) is 0 Å². The Labute approximate surface area is 157 Å². The Balaban J connectivity index is 1.85.